The minimum Gasteiger partial charge on any atom is -0.481 e. The Morgan fingerprint density at radius 3 is 1.78 bits per heavy atom. The molecule has 0 spiro atoms. The van der Waals surface area contributed by atoms with Gasteiger partial charge in [0.1, 0.15) is 72.6 Å². The maximum atomic E-state index is 15.0. The molecule has 0 saturated carbocycles. The minimum atomic E-state index is -2.80. The van der Waals surface area contributed by atoms with Crippen molar-refractivity contribution < 1.29 is 131 Å². The molecule has 0 bridgehead atoms. The Morgan fingerprint density at radius 2 is 1.21 bits per heavy atom. The first kappa shape index (κ1) is 98.2. The number of aliphatic carboxylic acids is 4. The number of rotatable bonds is 37. The number of H-pyrrole nitrogens is 1. The molecule has 44 heteroatoms. The van der Waals surface area contributed by atoms with Gasteiger partial charge in [0, 0.05) is 56.9 Å². The Kier molecular flexibility index (Phi) is 41.5. The number of methoxy groups -OCH3 is 1. The quantitative estimate of drug-likeness (QED) is 0.0221. The zero-order chi connectivity index (χ0) is 87.4. The number of likely N-dealkylation sites (N-methyl/N-ethyl adjacent to an activating group) is 1. The van der Waals surface area contributed by atoms with Crippen LogP contribution in [0.25, 0.3) is 10.9 Å². The van der Waals surface area contributed by atoms with Gasteiger partial charge in [0.05, 0.1) is 25.9 Å². The topological polar surface area (TPSA) is 702 Å². The fraction of sp³-hybridized carbons (Fsp3) is 0.611. The van der Waals surface area contributed by atoms with E-state index in [0.717, 1.165) is 47.3 Å². The first-order valence-corrected chi connectivity index (χ1v) is 37.5. The molecule has 1 aliphatic heterocycles. The SMILES string of the molecule is CC[C@H](C)[C@@H]1NC(=O)[C@H](CCC(=O)O)NC(=O)[C@@H](CC(N)=O)NC(=O)CNC(=O)[C@H]([C@@H](OC)C(=O)O)NC(=O)[C@@H](CCCCN)NC(=O)[C@H](CC(=O)O)NC(=O)[C@H](C)NC(=O)CN(C)C(=O)[C@@H](NC(=O)[C@@H](NC(=O)[C@@H](CCC(=O)O)NC(=O)[C@H](Cc2c[nH]c3ccccc23)NC(=O)CCCCCCC(C)C)[C@@H](O)C(N)=O)[C@@H](C)OC1=O. The fourth-order valence-corrected chi connectivity index (χ4v) is 11.8. The number of nitrogens with zero attached hydrogens (tertiary/aromatic N) is 1. The van der Waals surface area contributed by atoms with Crippen LogP contribution in [0, 0.1) is 11.8 Å². The molecule has 2 heterocycles. The van der Waals surface area contributed by atoms with Crippen molar-refractivity contribution in [3.8, 4) is 0 Å². The van der Waals surface area contributed by atoms with Gasteiger partial charge in [-0.05, 0) is 82.4 Å². The van der Waals surface area contributed by atoms with E-state index in [4.69, 9.17) is 26.7 Å². The number of hydrogen-bond acceptors (Lipinski definition) is 24. The van der Waals surface area contributed by atoms with Gasteiger partial charge in [-0.1, -0.05) is 78.0 Å². The Morgan fingerprint density at radius 1 is 0.621 bits per heavy atom. The molecule has 0 radical (unpaired) electrons. The highest BCUT2D eigenvalue weighted by Gasteiger charge is 2.44. The number of nitrogens with two attached hydrogens (primary N) is 3. The second kappa shape index (κ2) is 49.0. The molecule has 1 aromatic heterocycles. The van der Waals surface area contributed by atoms with E-state index in [2.05, 4.69) is 72.0 Å². The van der Waals surface area contributed by atoms with Crippen LogP contribution < -0.4 is 81.0 Å². The molecular formula is C72H109N17O27. The number of fused-ring (bicyclic) bond motifs is 1. The number of hydrogen-bond donors (Lipinski definition) is 21. The summed E-state index contributed by atoms with van der Waals surface area (Å²) >= 11 is 0. The zero-order valence-corrected chi connectivity index (χ0v) is 65.7. The number of esters is 1. The number of benzene rings is 1. The van der Waals surface area contributed by atoms with E-state index in [1.165, 1.54) is 13.8 Å². The lowest BCUT2D eigenvalue weighted by Gasteiger charge is -2.32. The molecule has 1 saturated heterocycles. The number of primary amides is 2. The summed E-state index contributed by atoms with van der Waals surface area (Å²) in [7, 11) is 1.70. The van der Waals surface area contributed by atoms with Crippen molar-refractivity contribution in [2.75, 3.05) is 33.8 Å². The lowest BCUT2D eigenvalue weighted by molar-refractivity contribution is -0.159. The molecule has 1 fully saturated rings. The minimum absolute atomic E-state index is 0.00538. The van der Waals surface area contributed by atoms with Gasteiger partial charge in [-0.25, -0.2) is 9.59 Å². The standard InChI is InChI=1S/C72H109N17O27/c1-9-35(4)54-72(114)116-37(6)55(86-69(110)56(58(100)60(75)101)87-64(105)43(24-26-52(96)97)82-65(106)44(28-38-31-76-40-20-15-14-19-39(38)40)79-48(91)22-13-11-10-12-18-34(2)3)70(111)89(7)33-50(93)78-36(5)61(102)84-46(30-53(98)99)67(108)81-41(21-16-17-27-73)62(103)88-57(59(115-8)71(112)113)68(109)77-32-49(92)80-45(29-47(74)90)66(107)83-42(63(104)85-54)23-25-51(94)95/h14-15,19-20,31,34-37,41-46,54-59,76,100H,9-13,16-18,21-30,32-33,73H2,1-8H3,(H2,74,90)(H2,75,101)(H,77,109)(H,78,93)(H,79,91)(H,80,92)(H,81,108)(H,82,106)(H,83,107)(H,84,102)(H,85,104)(H,86,110)(H,87,105)(H,88,103)(H,94,95)(H,96,97)(H,98,99)(H,112,113)/t35-,36-,37+,41+,42-,43+,44-,45+,46-,54-,55-,56-,57-,58+,59+/m0/s1. The number of carboxylic acid groups (broad SMARTS) is 4. The van der Waals surface area contributed by atoms with E-state index in [0.29, 0.717) is 40.1 Å². The Balaban J connectivity index is 2.28. The van der Waals surface area contributed by atoms with Gasteiger partial charge < -0.3 is 126 Å². The first-order chi connectivity index (χ1) is 54.5. The summed E-state index contributed by atoms with van der Waals surface area (Å²) in [5.74, 6) is -29.1. The van der Waals surface area contributed by atoms with Gasteiger partial charge in [-0.3, -0.25) is 86.3 Å². The van der Waals surface area contributed by atoms with E-state index in [-0.39, 0.29) is 45.1 Å². The normalized spacial score (nSPS) is 21.9. The van der Waals surface area contributed by atoms with Crippen LogP contribution in [0.4, 0.5) is 0 Å². The highest BCUT2D eigenvalue weighted by atomic mass is 16.5. The number of amides is 15. The second-order valence-corrected chi connectivity index (χ2v) is 28.3. The third-order valence-corrected chi connectivity index (χ3v) is 18.5. The Hall–Kier alpha value is -12.0. The predicted octanol–water partition coefficient (Wildman–Crippen LogP) is -6.22. The summed E-state index contributed by atoms with van der Waals surface area (Å²) in [6.45, 7) is 6.60. The summed E-state index contributed by atoms with van der Waals surface area (Å²) in [5, 5.41) is 78.0. The molecule has 1 aromatic carbocycles. The molecule has 2 aromatic rings. The lowest BCUT2D eigenvalue weighted by Crippen LogP contribution is -2.64. The number of aliphatic hydroxyl groups is 1. The third kappa shape index (κ3) is 33.2. The van der Waals surface area contributed by atoms with Crippen LogP contribution >= 0.6 is 0 Å². The number of cyclic esters (lactones) is 1. The van der Waals surface area contributed by atoms with E-state index in [9.17, 15) is 121 Å². The van der Waals surface area contributed by atoms with Crippen LogP contribution in [0.15, 0.2) is 30.5 Å². The monoisotopic (exact) mass is 1640 g/mol. The second-order valence-electron chi connectivity index (χ2n) is 28.3. The van der Waals surface area contributed by atoms with Crippen molar-refractivity contribution in [2.24, 2.45) is 29.0 Å². The number of aromatic amines is 1. The van der Waals surface area contributed by atoms with E-state index >= 15 is 0 Å². The van der Waals surface area contributed by atoms with Crippen LogP contribution in [-0.4, -0.2) is 272 Å². The number of carbonyl (C=O) groups is 20. The third-order valence-electron chi connectivity index (χ3n) is 18.5. The summed E-state index contributed by atoms with van der Waals surface area (Å²) in [6.07, 6.45) is -7.97. The van der Waals surface area contributed by atoms with Gasteiger partial charge in [-0.2, -0.15) is 0 Å². The van der Waals surface area contributed by atoms with Gasteiger partial charge in [0.2, 0.25) is 88.6 Å². The number of nitrogens with one attached hydrogen (secondary N) is 13. The largest absolute Gasteiger partial charge is 0.481 e. The molecule has 1 aliphatic rings. The van der Waals surface area contributed by atoms with Crippen molar-refractivity contribution >= 4 is 129 Å². The molecule has 0 aliphatic carbocycles. The van der Waals surface area contributed by atoms with E-state index in [1.54, 1.807) is 30.5 Å². The number of carboxylic acids is 4. The summed E-state index contributed by atoms with van der Waals surface area (Å²) in [5.41, 5.74) is 17.7. The van der Waals surface area contributed by atoms with Crippen molar-refractivity contribution in [3.05, 3.63) is 36.0 Å². The Labute approximate surface area is 665 Å². The lowest BCUT2D eigenvalue weighted by atomic mass is 9.98. The number of aromatic nitrogens is 1. The zero-order valence-electron chi connectivity index (χ0n) is 65.7. The number of carbonyl (C=O) groups excluding carboxylic acids is 16. The molecule has 15 amide bonds. The highest BCUT2D eigenvalue weighted by Crippen LogP contribution is 2.21. The fourth-order valence-electron chi connectivity index (χ4n) is 11.8. The molecule has 116 heavy (non-hydrogen) atoms. The van der Waals surface area contributed by atoms with Gasteiger partial charge in [0.15, 0.2) is 12.2 Å². The number of para-hydroxylation sites is 1. The van der Waals surface area contributed by atoms with Gasteiger partial charge in [-0.15, -0.1) is 0 Å². The van der Waals surface area contributed by atoms with Crippen molar-refractivity contribution in [3.63, 3.8) is 0 Å². The van der Waals surface area contributed by atoms with Crippen LogP contribution in [0.2, 0.25) is 0 Å². The van der Waals surface area contributed by atoms with Crippen LogP contribution in [0.3, 0.4) is 0 Å². The number of ether oxygens (including phenoxy) is 2. The molecule has 3 rings (SSSR count). The van der Waals surface area contributed by atoms with Gasteiger partial charge >= 0.3 is 29.8 Å². The summed E-state index contributed by atoms with van der Waals surface area (Å²) < 4.78 is 10.7. The van der Waals surface area contributed by atoms with Crippen LogP contribution in [0.5, 0.6) is 0 Å². The molecular weight excluding hydrogens is 1530 g/mol. The summed E-state index contributed by atoms with van der Waals surface area (Å²) in [4.78, 5) is 277. The highest BCUT2D eigenvalue weighted by molar-refractivity contribution is 6.02. The van der Waals surface area contributed by atoms with Gasteiger partial charge in [0.25, 0.3) is 0 Å². The summed E-state index contributed by atoms with van der Waals surface area (Å²) in [6, 6.07) is -15.7. The van der Waals surface area contributed by atoms with Crippen LogP contribution in [-0.2, 0) is 112 Å². The molecule has 644 valence electrons. The van der Waals surface area contributed by atoms with Crippen molar-refractivity contribution in [1.82, 2.24) is 73.7 Å². The van der Waals surface area contributed by atoms with Crippen LogP contribution in [0.1, 0.15) is 150 Å². The van der Waals surface area contributed by atoms with Crippen molar-refractivity contribution in [2.45, 2.75) is 235 Å². The molecule has 24 N–H and O–H groups in total. The molecule has 0 unspecified atom stereocenters. The molecule has 15 atom stereocenters. The predicted molar refractivity (Wildman–Crippen MR) is 403 cm³/mol. The number of aliphatic hydroxyl groups excluding tert-OH is 1. The Bertz CT molecular complexity index is 3850. The maximum Gasteiger partial charge on any atom is 0.335 e. The first-order valence-electron chi connectivity index (χ1n) is 37.5. The number of unbranched alkanes of at least 4 members (excludes halogenated alkanes) is 4. The maximum absolute atomic E-state index is 15.0. The van der Waals surface area contributed by atoms with E-state index < -0.39 is 261 Å². The molecule has 44 nitrogen and oxygen atoms in total. The smallest absolute Gasteiger partial charge is 0.335 e. The average molecular weight is 1640 g/mol. The van der Waals surface area contributed by atoms with E-state index in [1.807, 2.05) is 10.6 Å². The van der Waals surface area contributed by atoms with Crippen molar-refractivity contribution in [1.29, 1.82) is 0 Å². The average Bonchev–Trinajstić information content (AvgIpc) is 1.47.